The zero-order valence-corrected chi connectivity index (χ0v) is 6.50. The molecule has 0 aromatic carbocycles. The average Bonchev–Trinajstić information content (AvgIpc) is 1.99. The largest absolute Gasteiger partial charge is 0.394 e. The highest BCUT2D eigenvalue weighted by atomic mass is 16.3. The first-order valence-corrected chi connectivity index (χ1v) is 3.56. The second-order valence-electron chi connectivity index (χ2n) is 2.40. The number of carbonyl (C=O) groups is 1. The van der Waals surface area contributed by atoms with E-state index in [0.717, 1.165) is 12.7 Å². The van der Waals surface area contributed by atoms with Crippen molar-refractivity contribution in [3.63, 3.8) is 0 Å². The lowest BCUT2D eigenvalue weighted by molar-refractivity contribution is -0.110. The van der Waals surface area contributed by atoms with Crippen molar-refractivity contribution in [2.24, 2.45) is 0 Å². The third-order valence-electron chi connectivity index (χ3n) is 1.47. The lowest BCUT2D eigenvalue weighted by atomic mass is 10.2. The minimum Gasteiger partial charge on any atom is -0.394 e. The van der Waals surface area contributed by atoms with Gasteiger partial charge in [-0.15, -0.1) is 0 Å². The Bertz CT molecular complexity index is 95.6. The number of aliphatic hydroxyl groups excluding tert-OH is 1. The van der Waals surface area contributed by atoms with Gasteiger partial charge in [-0.05, 0) is 13.3 Å². The first-order chi connectivity index (χ1) is 4.74. The van der Waals surface area contributed by atoms with Crippen molar-refractivity contribution >= 4 is 6.29 Å². The molecule has 0 saturated heterocycles. The smallest absolute Gasteiger partial charge is 0.139 e. The second-order valence-corrected chi connectivity index (χ2v) is 2.40. The Balaban J connectivity index is 3.51. The monoisotopic (exact) mass is 145 g/mol. The van der Waals surface area contributed by atoms with Gasteiger partial charge < -0.3 is 15.2 Å². The Labute approximate surface area is 61.4 Å². The van der Waals surface area contributed by atoms with E-state index in [9.17, 15) is 4.79 Å². The van der Waals surface area contributed by atoms with Gasteiger partial charge >= 0.3 is 0 Å². The Morgan fingerprint density at radius 3 is 2.60 bits per heavy atom. The normalized spacial score (nSPS) is 16.3. The van der Waals surface area contributed by atoms with Crippen LogP contribution in [0.1, 0.15) is 20.3 Å². The molecule has 0 bridgehead atoms. The lowest BCUT2D eigenvalue weighted by Gasteiger charge is -2.14. The fourth-order valence-electron chi connectivity index (χ4n) is 0.618. The fourth-order valence-corrected chi connectivity index (χ4v) is 0.618. The molecule has 0 unspecified atom stereocenters. The van der Waals surface area contributed by atoms with E-state index in [1.54, 1.807) is 0 Å². The quantitative estimate of drug-likeness (QED) is 0.533. The molecule has 0 fully saturated rings. The summed E-state index contributed by atoms with van der Waals surface area (Å²) >= 11 is 0. The molecule has 0 aromatic rings. The molecular weight excluding hydrogens is 130 g/mol. The lowest BCUT2D eigenvalue weighted by Crippen LogP contribution is -2.39. The van der Waals surface area contributed by atoms with Crippen molar-refractivity contribution in [3.8, 4) is 0 Å². The SMILES string of the molecule is CC[C@@H](C)N[C@H](C=O)CO. The number of aliphatic hydroxyl groups is 1. The summed E-state index contributed by atoms with van der Waals surface area (Å²) in [7, 11) is 0. The van der Waals surface area contributed by atoms with Crippen LogP contribution in [-0.2, 0) is 4.79 Å². The van der Waals surface area contributed by atoms with E-state index < -0.39 is 6.04 Å². The standard InChI is InChI=1S/C7H15NO2/c1-3-6(2)8-7(4-9)5-10/h4,6-8,10H,3,5H2,1-2H3/t6-,7-/m1/s1. The van der Waals surface area contributed by atoms with Gasteiger partial charge in [-0.25, -0.2) is 0 Å². The van der Waals surface area contributed by atoms with Crippen LogP contribution in [0.5, 0.6) is 0 Å². The van der Waals surface area contributed by atoms with Crippen LogP contribution in [0.4, 0.5) is 0 Å². The summed E-state index contributed by atoms with van der Waals surface area (Å²) in [6.45, 7) is 3.89. The fraction of sp³-hybridized carbons (Fsp3) is 0.857. The molecule has 0 aliphatic heterocycles. The maximum Gasteiger partial charge on any atom is 0.139 e. The van der Waals surface area contributed by atoms with Crippen molar-refractivity contribution < 1.29 is 9.90 Å². The molecule has 0 aliphatic carbocycles. The van der Waals surface area contributed by atoms with Gasteiger partial charge in [0.2, 0.25) is 0 Å². The zero-order valence-electron chi connectivity index (χ0n) is 6.50. The van der Waals surface area contributed by atoms with Gasteiger partial charge in [0.05, 0.1) is 12.6 Å². The van der Waals surface area contributed by atoms with Gasteiger partial charge in [-0.3, -0.25) is 0 Å². The van der Waals surface area contributed by atoms with E-state index >= 15 is 0 Å². The van der Waals surface area contributed by atoms with E-state index in [2.05, 4.69) is 5.32 Å². The van der Waals surface area contributed by atoms with E-state index in [4.69, 9.17) is 5.11 Å². The first kappa shape index (κ1) is 9.59. The molecule has 0 heterocycles. The minimum atomic E-state index is -0.394. The molecular formula is C7H15NO2. The maximum atomic E-state index is 10.2. The number of nitrogens with one attached hydrogen (secondary N) is 1. The molecule has 2 N–H and O–H groups in total. The summed E-state index contributed by atoms with van der Waals surface area (Å²) in [5.41, 5.74) is 0. The summed E-state index contributed by atoms with van der Waals surface area (Å²) in [4.78, 5) is 10.2. The third kappa shape index (κ3) is 3.58. The number of rotatable bonds is 5. The Hall–Kier alpha value is -0.410. The van der Waals surface area contributed by atoms with E-state index in [1.165, 1.54) is 0 Å². The third-order valence-corrected chi connectivity index (χ3v) is 1.47. The van der Waals surface area contributed by atoms with Crippen molar-refractivity contribution in [2.45, 2.75) is 32.4 Å². The molecule has 60 valence electrons. The predicted octanol–water partition coefficient (Wildman–Crippen LogP) is -0.0657. The van der Waals surface area contributed by atoms with Gasteiger partial charge in [-0.1, -0.05) is 6.92 Å². The highest BCUT2D eigenvalue weighted by molar-refractivity contribution is 5.57. The van der Waals surface area contributed by atoms with Crippen molar-refractivity contribution in [1.29, 1.82) is 0 Å². The van der Waals surface area contributed by atoms with E-state index in [1.807, 2.05) is 13.8 Å². The van der Waals surface area contributed by atoms with Crippen LogP contribution >= 0.6 is 0 Å². The Morgan fingerprint density at radius 2 is 2.30 bits per heavy atom. The highest BCUT2D eigenvalue weighted by Crippen LogP contribution is 1.89. The van der Waals surface area contributed by atoms with Crippen LogP contribution in [0, 0.1) is 0 Å². The van der Waals surface area contributed by atoms with Gasteiger partial charge in [0, 0.05) is 6.04 Å². The van der Waals surface area contributed by atoms with Crippen LogP contribution in [0.25, 0.3) is 0 Å². The maximum absolute atomic E-state index is 10.2. The number of carbonyl (C=O) groups excluding carboxylic acids is 1. The molecule has 0 spiro atoms. The minimum absolute atomic E-state index is 0.117. The summed E-state index contributed by atoms with van der Waals surface area (Å²) in [6.07, 6.45) is 1.69. The second kappa shape index (κ2) is 5.38. The van der Waals surface area contributed by atoms with E-state index in [-0.39, 0.29) is 6.61 Å². The summed E-state index contributed by atoms with van der Waals surface area (Å²) in [5.74, 6) is 0. The Morgan fingerprint density at radius 1 is 1.70 bits per heavy atom. The van der Waals surface area contributed by atoms with Crippen LogP contribution in [0.15, 0.2) is 0 Å². The summed E-state index contributed by atoms with van der Waals surface area (Å²) in [5, 5.41) is 11.5. The molecule has 10 heavy (non-hydrogen) atoms. The van der Waals surface area contributed by atoms with Crippen molar-refractivity contribution in [3.05, 3.63) is 0 Å². The van der Waals surface area contributed by atoms with Gasteiger partial charge in [-0.2, -0.15) is 0 Å². The van der Waals surface area contributed by atoms with E-state index in [0.29, 0.717) is 6.04 Å². The predicted molar refractivity (Wildman–Crippen MR) is 39.8 cm³/mol. The number of hydrogen-bond donors (Lipinski definition) is 2. The van der Waals surface area contributed by atoms with Crippen molar-refractivity contribution in [2.75, 3.05) is 6.61 Å². The topological polar surface area (TPSA) is 49.3 Å². The molecule has 0 saturated carbocycles. The highest BCUT2D eigenvalue weighted by Gasteiger charge is 2.06. The van der Waals surface area contributed by atoms with Gasteiger partial charge in [0.1, 0.15) is 6.29 Å². The molecule has 3 heteroatoms. The van der Waals surface area contributed by atoms with Crippen LogP contribution in [0.2, 0.25) is 0 Å². The summed E-state index contributed by atoms with van der Waals surface area (Å²) < 4.78 is 0. The van der Waals surface area contributed by atoms with Gasteiger partial charge in [0.25, 0.3) is 0 Å². The molecule has 0 amide bonds. The van der Waals surface area contributed by atoms with Gasteiger partial charge in [0.15, 0.2) is 0 Å². The molecule has 0 aliphatic rings. The molecule has 0 rings (SSSR count). The molecule has 3 nitrogen and oxygen atoms in total. The van der Waals surface area contributed by atoms with Crippen molar-refractivity contribution in [1.82, 2.24) is 5.32 Å². The molecule has 0 aromatic heterocycles. The summed E-state index contributed by atoms with van der Waals surface area (Å²) in [6, 6.07) is -0.0997. The first-order valence-electron chi connectivity index (χ1n) is 3.56. The average molecular weight is 145 g/mol. The van der Waals surface area contributed by atoms with Crippen LogP contribution in [0.3, 0.4) is 0 Å². The van der Waals surface area contributed by atoms with Crippen LogP contribution in [-0.4, -0.2) is 30.1 Å². The molecule has 2 atom stereocenters. The molecule has 0 radical (unpaired) electrons. The zero-order chi connectivity index (χ0) is 7.98. The van der Waals surface area contributed by atoms with Crippen LogP contribution < -0.4 is 5.32 Å². The number of hydrogen-bond acceptors (Lipinski definition) is 3. The Kier molecular flexibility index (Phi) is 5.16. The number of aldehydes is 1.